The van der Waals surface area contributed by atoms with E-state index in [2.05, 4.69) is 25.7 Å². The number of carbonyl (C=O) groups excluding carboxylic acids is 1. The lowest BCUT2D eigenvalue weighted by atomic mass is 10.2. The predicted octanol–water partition coefficient (Wildman–Crippen LogP) is 3.71. The quantitative estimate of drug-likeness (QED) is 0.603. The molecule has 2 rings (SSSR count). The summed E-state index contributed by atoms with van der Waals surface area (Å²) in [6.07, 6.45) is 1.38. The van der Waals surface area contributed by atoms with E-state index in [4.69, 9.17) is 9.47 Å². The standard InChI is InChI=1S/C14H10BrF2NO4/c1-20-12-9(6-8(15)10(16)11(12)17)22-13-7(14(19)21-2)4-3-5-18-13/h3-6H,1-2H3. The number of hydrogen-bond donors (Lipinski definition) is 0. The smallest absolute Gasteiger partial charge is 0.343 e. The van der Waals surface area contributed by atoms with Crippen molar-refractivity contribution in [3.05, 3.63) is 46.1 Å². The second-order valence-electron chi connectivity index (χ2n) is 3.97. The molecule has 116 valence electrons. The Labute approximate surface area is 133 Å². The molecule has 22 heavy (non-hydrogen) atoms. The maximum absolute atomic E-state index is 13.8. The molecule has 0 saturated heterocycles. The number of rotatable bonds is 4. The first-order valence-corrected chi connectivity index (χ1v) is 6.71. The summed E-state index contributed by atoms with van der Waals surface area (Å²) in [7, 11) is 2.37. The molecule has 0 saturated carbocycles. The lowest BCUT2D eigenvalue weighted by Crippen LogP contribution is -2.06. The van der Waals surface area contributed by atoms with E-state index in [0.29, 0.717) is 0 Å². The van der Waals surface area contributed by atoms with Gasteiger partial charge in [-0.3, -0.25) is 0 Å². The van der Waals surface area contributed by atoms with Crippen molar-refractivity contribution in [2.75, 3.05) is 14.2 Å². The van der Waals surface area contributed by atoms with E-state index in [-0.39, 0.29) is 21.7 Å². The van der Waals surface area contributed by atoms with Crippen LogP contribution in [0.5, 0.6) is 17.4 Å². The van der Waals surface area contributed by atoms with Crippen molar-refractivity contribution in [2.45, 2.75) is 0 Å². The highest BCUT2D eigenvalue weighted by Crippen LogP contribution is 2.38. The first-order valence-electron chi connectivity index (χ1n) is 5.92. The molecule has 0 N–H and O–H groups in total. The van der Waals surface area contributed by atoms with Crippen LogP contribution < -0.4 is 9.47 Å². The van der Waals surface area contributed by atoms with E-state index in [1.54, 1.807) is 0 Å². The van der Waals surface area contributed by atoms with Crippen LogP contribution in [0.3, 0.4) is 0 Å². The molecule has 0 atom stereocenters. The lowest BCUT2D eigenvalue weighted by molar-refractivity contribution is 0.0597. The molecule has 1 heterocycles. The summed E-state index contributed by atoms with van der Waals surface area (Å²) in [5, 5.41) is 0. The molecule has 2 aromatic rings. The molecule has 0 aliphatic rings. The maximum atomic E-state index is 13.8. The Bertz CT molecular complexity index is 724. The Hall–Kier alpha value is -2.22. The van der Waals surface area contributed by atoms with Crippen molar-refractivity contribution in [3.63, 3.8) is 0 Å². The first kappa shape index (κ1) is 16.2. The molecule has 0 spiro atoms. The van der Waals surface area contributed by atoms with Gasteiger partial charge in [-0.25, -0.2) is 14.2 Å². The van der Waals surface area contributed by atoms with Gasteiger partial charge in [0, 0.05) is 12.3 Å². The third-order valence-electron chi connectivity index (χ3n) is 2.67. The zero-order valence-corrected chi connectivity index (χ0v) is 13.1. The van der Waals surface area contributed by atoms with E-state index in [1.807, 2.05) is 0 Å². The summed E-state index contributed by atoms with van der Waals surface area (Å²) >= 11 is 2.87. The second-order valence-corrected chi connectivity index (χ2v) is 4.82. The fourth-order valence-corrected chi connectivity index (χ4v) is 2.05. The largest absolute Gasteiger partial charge is 0.490 e. The number of carbonyl (C=O) groups is 1. The Morgan fingerprint density at radius 1 is 1.27 bits per heavy atom. The minimum Gasteiger partial charge on any atom is -0.490 e. The summed E-state index contributed by atoms with van der Waals surface area (Å²) < 4.78 is 42.0. The number of benzene rings is 1. The molecule has 0 radical (unpaired) electrons. The van der Waals surface area contributed by atoms with Gasteiger partial charge < -0.3 is 14.2 Å². The number of ether oxygens (including phenoxy) is 3. The zero-order valence-electron chi connectivity index (χ0n) is 11.5. The normalized spacial score (nSPS) is 10.2. The average molecular weight is 374 g/mol. The van der Waals surface area contributed by atoms with Crippen molar-refractivity contribution in [1.82, 2.24) is 4.98 Å². The van der Waals surface area contributed by atoms with Crippen LogP contribution in [0.2, 0.25) is 0 Å². The monoisotopic (exact) mass is 373 g/mol. The number of aromatic nitrogens is 1. The molecule has 1 aromatic heterocycles. The van der Waals surface area contributed by atoms with Crippen LogP contribution in [-0.4, -0.2) is 25.2 Å². The number of halogens is 3. The van der Waals surface area contributed by atoms with Gasteiger partial charge in [-0.2, -0.15) is 4.39 Å². The average Bonchev–Trinajstić information content (AvgIpc) is 2.53. The topological polar surface area (TPSA) is 57.7 Å². The predicted molar refractivity (Wildman–Crippen MR) is 76.3 cm³/mol. The van der Waals surface area contributed by atoms with Gasteiger partial charge in [-0.15, -0.1) is 0 Å². The van der Waals surface area contributed by atoms with Crippen molar-refractivity contribution in [3.8, 4) is 17.4 Å². The molecule has 0 aliphatic carbocycles. The Morgan fingerprint density at radius 3 is 2.64 bits per heavy atom. The first-order chi connectivity index (χ1) is 10.5. The van der Waals surface area contributed by atoms with Crippen LogP contribution in [0.25, 0.3) is 0 Å². The van der Waals surface area contributed by atoms with Crippen molar-refractivity contribution >= 4 is 21.9 Å². The SMILES string of the molecule is COC(=O)c1cccnc1Oc1cc(Br)c(F)c(F)c1OC. The molecule has 8 heteroatoms. The highest BCUT2D eigenvalue weighted by molar-refractivity contribution is 9.10. The molecule has 1 aromatic carbocycles. The van der Waals surface area contributed by atoms with Crippen molar-refractivity contribution in [1.29, 1.82) is 0 Å². The van der Waals surface area contributed by atoms with Crippen molar-refractivity contribution in [2.24, 2.45) is 0 Å². The third-order valence-corrected chi connectivity index (χ3v) is 3.25. The summed E-state index contributed by atoms with van der Waals surface area (Å²) in [5.74, 6) is -3.71. The summed E-state index contributed by atoms with van der Waals surface area (Å²) in [4.78, 5) is 15.5. The molecule has 0 aliphatic heterocycles. The van der Waals surface area contributed by atoms with Gasteiger partial charge in [-0.05, 0) is 28.1 Å². The fraction of sp³-hybridized carbons (Fsp3) is 0.143. The van der Waals surface area contributed by atoms with Crippen LogP contribution in [0.15, 0.2) is 28.9 Å². The summed E-state index contributed by atoms with van der Waals surface area (Å²) in [6, 6.07) is 4.11. The van der Waals surface area contributed by atoms with Gasteiger partial charge in [0.05, 0.1) is 18.7 Å². The van der Waals surface area contributed by atoms with Gasteiger partial charge in [0.1, 0.15) is 5.56 Å². The molecule has 5 nitrogen and oxygen atoms in total. The summed E-state index contributed by atoms with van der Waals surface area (Å²) in [5.41, 5.74) is 0.0351. The van der Waals surface area contributed by atoms with Crippen LogP contribution in [-0.2, 0) is 4.74 Å². The van der Waals surface area contributed by atoms with E-state index in [9.17, 15) is 13.6 Å². The van der Waals surface area contributed by atoms with Crippen LogP contribution in [0, 0.1) is 11.6 Å². The minimum absolute atomic E-state index is 0.0351. The van der Waals surface area contributed by atoms with Crippen molar-refractivity contribution < 1.29 is 27.8 Å². The van der Waals surface area contributed by atoms with Crippen LogP contribution >= 0.6 is 15.9 Å². The maximum Gasteiger partial charge on any atom is 0.343 e. The zero-order chi connectivity index (χ0) is 16.3. The molecular weight excluding hydrogens is 364 g/mol. The Morgan fingerprint density at radius 2 is 2.00 bits per heavy atom. The van der Waals surface area contributed by atoms with Gasteiger partial charge in [-0.1, -0.05) is 0 Å². The van der Waals surface area contributed by atoms with Crippen LogP contribution in [0.4, 0.5) is 8.78 Å². The molecule has 0 amide bonds. The van der Waals surface area contributed by atoms with E-state index >= 15 is 0 Å². The summed E-state index contributed by atoms with van der Waals surface area (Å²) in [6.45, 7) is 0. The van der Waals surface area contributed by atoms with Gasteiger partial charge >= 0.3 is 5.97 Å². The highest BCUT2D eigenvalue weighted by atomic mass is 79.9. The molecule has 0 unspecified atom stereocenters. The molecule has 0 fully saturated rings. The number of methoxy groups -OCH3 is 2. The Kier molecular flexibility index (Phi) is 4.92. The second kappa shape index (κ2) is 6.69. The number of nitrogens with zero attached hydrogens (tertiary/aromatic N) is 1. The van der Waals surface area contributed by atoms with Crippen LogP contribution in [0.1, 0.15) is 10.4 Å². The van der Waals surface area contributed by atoms with E-state index < -0.39 is 23.4 Å². The van der Waals surface area contributed by atoms with E-state index in [0.717, 1.165) is 7.11 Å². The lowest BCUT2D eigenvalue weighted by Gasteiger charge is -2.13. The number of esters is 1. The van der Waals surface area contributed by atoms with Gasteiger partial charge in [0.2, 0.25) is 17.4 Å². The van der Waals surface area contributed by atoms with Gasteiger partial charge in [0.15, 0.2) is 11.6 Å². The molecule has 0 bridgehead atoms. The number of pyridine rings is 1. The fourth-order valence-electron chi connectivity index (χ4n) is 1.66. The highest BCUT2D eigenvalue weighted by Gasteiger charge is 2.22. The Balaban J connectivity index is 2.50. The minimum atomic E-state index is -1.22. The van der Waals surface area contributed by atoms with E-state index in [1.165, 1.54) is 31.5 Å². The third kappa shape index (κ3) is 3.01. The molecular formula is C14H10BrF2NO4. The number of hydrogen-bond acceptors (Lipinski definition) is 5. The van der Waals surface area contributed by atoms with Gasteiger partial charge in [0.25, 0.3) is 0 Å².